The first-order valence-corrected chi connectivity index (χ1v) is 11.0. The van der Waals surface area contributed by atoms with E-state index in [2.05, 4.69) is 30.4 Å². The second-order valence-electron chi connectivity index (χ2n) is 7.59. The fraction of sp³-hybridized carbons (Fsp3) is 0.231. The standard InChI is InChI=1S/C26H22N2O2S/c1-17(15-27)5-3-6-19-8-9-20(14-19)25-22-7-4-12-29-24(22)26(31-25)23-11-10-21(30-23)13-18(2)16-28/h3,5-6,8-11,13H,4,7,12,14H2,1-2H3/b6-3+,17-5-,18-13-. The first kappa shape index (κ1) is 20.7. The fourth-order valence-corrected chi connectivity index (χ4v) is 4.92. The van der Waals surface area contributed by atoms with Crippen molar-refractivity contribution in [3.05, 3.63) is 75.4 Å². The molecular weight excluding hydrogens is 404 g/mol. The number of nitriles is 2. The average molecular weight is 427 g/mol. The van der Waals surface area contributed by atoms with Gasteiger partial charge < -0.3 is 9.15 Å². The maximum Gasteiger partial charge on any atom is 0.148 e. The third-order valence-electron chi connectivity index (χ3n) is 5.18. The van der Waals surface area contributed by atoms with Crippen molar-refractivity contribution < 1.29 is 9.15 Å². The number of fused-ring (bicyclic) bond motifs is 1. The Morgan fingerprint density at radius 2 is 1.94 bits per heavy atom. The van der Waals surface area contributed by atoms with Gasteiger partial charge in [-0.25, -0.2) is 0 Å². The molecule has 1 aliphatic heterocycles. The Balaban J connectivity index is 1.61. The lowest BCUT2D eigenvalue weighted by atomic mass is 10.0. The second kappa shape index (κ2) is 9.08. The van der Waals surface area contributed by atoms with Crippen LogP contribution in [0.1, 0.15) is 42.9 Å². The summed E-state index contributed by atoms with van der Waals surface area (Å²) in [6.45, 7) is 4.28. The van der Waals surface area contributed by atoms with E-state index in [1.807, 2.05) is 24.3 Å². The van der Waals surface area contributed by atoms with Crippen molar-refractivity contribution in [1.82, 2.24) is 0 Å². The summed E-state index contributed by atoms with van der Waals surface area (Å²) in [5.41, 5.74) is 5.06. The summed E-state index contributed by atoms with van der Waals surface area (Å²) < 4.78 is 12.1. The Morgan fingerprint density at radius 3 is 2.74 bits per heavy atom. The van der Waals surface area contributed by atoms with E-state index in [1.165, 1.54) is 21.6 Å². The molecule has 0 fully saturated rings. The Hall–Kier alpha value is -3.54. The largest absolute Gasteiger partial charge is 0.492 e. The summed E-state index contributed by atoms with van der Waals surface area (Å²) in [4.78, 5) is 2.27. The summed E-state index contributed by atoms with van der Waals surface area (Å²) in [5, 5.41) is 17.9. The second-order valence-corrected chi connectivity index (χ2v) is 8.61. The van der Waals surface area contributed by atoms with Crippen molar-refractivity contribution in [1.29, 1.82) is 10.5 Å². The number of thiophene rings is 1. The van der Waals surface area contributed by atoms with Crippen LogP contribution in [-0.4, -0.2) is 6.61 Å². The summed E-state index contributed by atoms with van der Waals surface area (Å²) in [6, 6.07) is 8.09. The minimum absolute atomic E-state index is 0.605. The van der Waals surface area contributed by atoms with Crippen LogP contribution in [0.5, 0.6) is 5.75 Å². The maximum atomic E-state index is 9.01. The SMILES string of the molecule is C/C(C#N)=C/C=C/C1=CC=C(c2sc(-c3ccc(/C=C(/C)C#N)o3)c3c2CCCO3)C1. The van der Waals surface area contributed by atoms with Gasteiger partial charge in [-0.15, -0.1) is 11.3 Å². The molecule has 31 heavy (non-hydrogen) atoms. The molecule has 1 aliphatic carbocycles. The number of allylic oxidation sites excluding steroid dienone is 9. The molecule has 0 spiro atoms. The third-order valence-corrected chi connectivity index (χ3v) is 6.48. The van der Waals surface area contributed by atoms with Crippen molar-refractivity contribution in [3.8, 4) is 28.5 Å². The number of nitrogens with zero attached hydrogens (tertiary/aromatic N) is 2. The maximum absolute atomic E-state index is 9.01. The molecule has 0 amide bonds. The molecule has 0 N–H and O–H groups in total. The molecule has 5 heteroatoms. The van der Waals surface area contributed by atoms with E-state index in [4.69, 9.17) is 19.7 Å². The smallest absolute Gasteiger partial charge is 0.148 e. The van der Waals surface area contributed by atoms with Crippen LogP contribution in [0.4, 0.5) is 0 Å². The number of hydrogen-bond acceptors (Lipinski definition) is 5. The third kappa shape index (κ3) is 4.48. The van der Waals surface area contributed by atoms with Crippen molar-refractivity contribution in [3.63, 3.8) is 0 Å². The van der Waals surface area contributed by atoms with Gasteiger partial charge in [0.25, 0.3) is 0 Å². The summed E-state index contributed by atoms with van der Waals surface area (Å²) in [7, 11) is 0. The lowest BCUT2D eigenvalue weighted by molar-refractivity contribution is 0.290. The Kier molecular flexibility index (Phi) is 6.07. The number of ether oxygens (including phenoxy) is 1. The van der Waals surface area contributed by atoms with E-state index in [1.54, 1.807) is 31.3 Å². The monoisotopic (exact) mass is 426 g/mol. The quantitative estimate of drug-likeness (QED) is 0.381. The molecule has 0 saturated heterocycles. The van der Waals surface area contributed by atoms with Crippen LogP contribution in [-0.2, 0) is 6.42 Å². The van der Waals surface area contributed by atoms with Crippen LogP contribution in [0.3, 0.4) is 0 Å². The molecule has 0 radical (unpaired) electrons. The van der Waals surface area contributed by atoms with Crippen LogP contribution in [0.15, 0.2) is 63.6 Å². The predicted molar refractivity (Wildman–Crippen MR) is 124 cm³/mol. The number of rotatable bonds is 5. The highest BCUT2D eigenvalue weighted by atomic mass is 32.1. The van der Waals surface area contributed by atoms with Gasteiger partial charge in [-0.3, -0.25) is 0 Å². The summed E-state index contributed by atoms with van der Waals surface area (Å²) in [5.74, 6) is 2.38. The first-order valence-electron chi connectivity index (χ1n) is 10.2. The van der Waals surface area contributed by atoms with Gasteiger partial charge in [0.05, 0.1) is 18.7 Å². The predicted octanol–water partition coefficient (Wildman–Crippen LogP) is 7.00. The molecule has 0 unspecified atom stereocenters. The van der Waals surface area contributed by atoms with Gasteiger partial charge in [-0.05, 0) is 68.5 Å². The number of furan rings is 1. The zero-order chi connectivity index (χ0) is 21.8. The van der Waals surface area contributed by atoms with Crippen molar-refractivity contribution in [2.75, 3.05) is 6.61 Å². The highest BCUT2D eigenvalue weighted by molar-refractivity contribution is 7.17. The van der Waals surface area contributed by atoms with Gasteiger partial charge in [-0.1, -0.05) is 24.3 Å². The normalized spacial score (nSPS) is 16.4. The van der Waals surface area contributed by atoms with Crippen LogP contribution >= 0.6 is 11.3 Å². The van der Waals surface area contributed by atoms with E-state index < -0.39 is 0 Å². The summed E-state index contributed by atoms with van der Waals surface area (Å²) in [6.07, 6.45) is 14.7. The number of hydrogen-bond donors (Lipinski definition) is 0. The van der Waals surface area contributed by atoms with Gasteiger partial charge in [0, 0.05) is 21.6 Å². The van der Waals surface area contributed by atoms with Crippen molar-refractivity contribution in [2.24, 2.45) is 0 Å². The zero-order valence-corrected chi connectivity index (χ0v) is 18.4. The molecule has 3 heterocycles. The average Bonchev–Trinajstić information content (AvgIpc) is 3.51. The van der Waals surface area contributed by atoms with Gasteiger partial charge in [0.15, 0.2) is 0 Å². The lowest BCUT2D eigenvalue weighted by Gasteiger charge is -2.16. The fourth-order valence-electron chi connectivity index (χ4n) is 3.64. The molecule has 4 rings (SSSR count). The Labute approximate surface area is 186 Å². The van der Waals surface area contributed by atoms with Crippen molar-refractivity contribution >= 4 is 23.0 Å². The van der Waals surface area contributed by atoms with Crippen LogP contribution in [0.2, 0.25) is 0 Å². The molecular formula is C26H22N2O2S. The highest BCUT2D eigenvalue weighted by Gasteiger charge is 2.27. The molecule has 2 aromatic heterocycles. The molecule has 0 atom stereocenters. The van der Waals surface area contributed by atoms with Gasteiger partial charge in [-0.2, -0.15) is 10.5 Å². The van der Waals surface area contributed by atoms with Gasteiger partial charge >= 0.3 is 0 Å². The minimum atomic E-state index is 0.605. The molecule has 4 nitrogen and oxygen atoms in total. The molecule has 0 bridgehead atoms. The molecule has 0 aromatic carbocycles. The van der Waals surface area contributed by atoms with Gasteiger partial charge in [0.1, 0.15) is 22.1 Å². The van der Waals surface area contributed by atoms with Crippen molar-refractivity contribution in [2.45, 2.75) is 33.1 Å². The molecule has 0 saturated carbocycles. The Bertz CT molecular complexity index is 1250. The summed E-state index contributed by atoms with van der Waals surface area (Å²) >= 11 is 1.71. The zero-order valence-electron chi connectivity index (χ0n) is 17.6. The minimum Gasteiger partial charge on any atom is -0.492 e. The van der Waals surface area contributed by atoms with Crippen LogP contribution in [0, 0.1) is 22.7 Å². The topological polar surface area (TPSA) is 70.0 Å². The molecule has 154 valence electrons. The van der Waals surface area contributed by atoms with E-state index in [0.29, 0.717) is 23.5 Å². The van der Waals surface area contributed by atoms with Crippen LogP contribution < -0.4 is 4.74 Å². The van der Waals surface area contributed by atoms with E-state index in [-0.39, 0.29) is 0 Å². The molecule has 2 aromatic rings. The van der Waals surface area contributed by atoms with E-state index in [9.17, 15) is 0 Å². The Morgan fingerprint density at radius 1 is 1.10 bits per heavy atom. The highest BCUT2D eigenvalue weighted by Crippen LogP contribution is 2.49. The first-order chi connectivity index (χ1) is 15.1. The van der Waals surface area contributed by atoms with E-state index >= 15 is 0 Å². The van der Waals surface area contributed by atoms with Crippen LogP contribution in [0.25, 0.3) is 22.3 Å². The van der Waals surface area contributed by atoms with E-state index in [0.717, 1.165) is 35.6 Å². The van der Waals surface area contributed by atoms with Gasteiger partial charge in [0.2, 0.25) is 0 Å². The molecule has 2 aliphatic rings. The lowest BCUT2D eigenvalue weighted by Crippen LogP contribution is -2.08.